The van der Waals surface area contributed by atoms with Gasteiger partial charge in [0.2, 0.25) is 0 Å². The molecular formula is C11H13BrN2. The van der Waals surface area contributed by atoms with Gasteiger partial charge in [-0.2, -0.15) is 0 Å². The summed E-state index contributed by atoms with van der Waals surface area (Å²) in [7, 11) is 0. The van der Waals surface area contributed by atoms with Crippen molar-refractivity contribution in [3.05, 3.63) is 34.3 Å². The molecule has 0 spiro atoms. The normalized spacial score (nSPS) is 17.1. The summed E-state index contributed by atoms with van der Waals surface area (Å²) in [6.07, 6.45) is 3.16. The second-order valence-corrected chi connectivity index (χ2v) is 4.47. The Morgan fingerprint density at radius 3 is 2.79 bits per heavy atom. The van der Waals surface area contributed by atoms with Gasteiger partial charge in [-0.3, -0.25) is 4.99 Å². The monoisotopic (exact) mass is 252 g/mol. The lowest BCUT2D eigenvalue weighted by Crippen LogP contribution is -2.16. The van der Waals surface area contributed by atoms with Crippen LogP contribution in [-0.4, -0.2) is 11.9 Å². The van der Waals surface area contributed by atoms with Crippen molar-refractivity contribution in [2.75, 3.05) is 0 Å². The topological polar surface area (TPSA) is 38.4 Å². The molecule has 0 radical (unpaired) electrons. The molecule has 2 nitrogen and oxygen atoms in total. The van der Waals surface area contributed by atoms with Crippen LogP contribution in [0.5, 0.6) is 0 Å². The Hall–Kier alpha value is -0.830. The smallest absolute Gasteiger partial charge is 0.0985 e. The van der Waals surface area contributed by atoms with Crippen molar-refractivity contribution in [2.45, 2.75) is 25.3 Å². The van der Waals surface area contributed by atoms with Crippen LogP contribution in [-0.2, 0) is 6.42 Å². The molecule has 1 fully saturated rings. The van der Waals surface area contributed by atoms with E-state index in [0.717, 1.165) is 16.7 Å². The van der Waals surface area contributed by atoms with E-state index < -0.39 is 0 Å². The molecule has 1 aliphatic rings. The van der Waals surface area contributed by atoms with Crippen LogP contribution >= 0.6 is 15.9 Å². The van der Waals surface area contributed by atoms with E-state index in [9.17, 15) is 0 Å². The quantitative estimate of drug-likeness (QED) is 0.652. The van der Waals surface area contributed by atoms with Crippen LogP contribution in [0.4, 0.5) is 0 Å². The molecule has 0 unspecified atom stereocenters. The van der Waals surface area contributed by atoms with Gasteiger partial charge in [0, 0.05) is 10.9 Å². The third kappa shape index (κ3) is 2.58. The minimum absolute atomic E-state index is 0.512. The van der Waals surface area contributed by atoms with Crippen LogP contribution in [0.25, 0.3) is 0 Å². The molecule has 0 heterocycles. The zero-order valence-corrected chi connectivity index (χ0v) is 9.50. The molecule has 2 N–H and O–H groups in total. The van der Waals surface area contributed by atoms with E-state index in [1.165, 1.54) is 18.4 Å². The molecule has 0 saturated heterocycles. The predicted molar refractivity (Wildman–Crippen MR) is 62.5 cm³/mol. The Balaban J connectivity index is 2.06. The van der Waals surface area contributed by atoms with E-state index in [1.54, 1.807) is 0 Å². The maximum atomic E-state index is 5.84. The van der Waals surface area contributed by atoms with E-state index in [0.29, 0.717) is 6.04 Å². The number of benzene rings is 1. The zero-order chi connectivity index (χ0) is 9.97. The highest BCUT2D eigenvalue weighted by Crippen LogP contribution is 2.24. The van der Waals surface area contributed by atoms with E-state index in [4.69, 9.17) is 5.73 Å². The van der Waals surface area contributed by atoms with Gasteiger partial charge in [0.15, 0.2) is 0 Å². The Labute approximate surface area is 92.4 Å². The summed E-state index contributed by atoms with van der Waals surface area (Å²) in [6.45, 7) is 0. The summed E-state index contributed by atoms with van der Waals surface area (Å²) in [4.78, 5) is 4.40. The lowest BCUT2D eigenvalue weighted by atomic mass is 10.1. The fourth-order valence-electron chi connectivity index (χ4n) is 1.32. The number of rotatable bonds is 3. The predicted octanol–water partition coefficient (Wildman–Crippen LogP) is 2.51. The van der Waals surface area contributed by atoms with Crippen molar-refractivity contribution in [3.63, 3.8) is 0 Å². The molecule has 0 atom stereocenters. The number of nitrogens with zero attached hydrogens (tertiary/aromatic N) is 1. The molecule has 2 rings (SSSR count). The maximum absolute atomic E-state index is 5.84. The molecule has 74 valence electrons. The molecule has 1 saturated carbocycles. The van der Waals surface area contributed by atoms with Gasteiger partial charge in [0.25, 0.3) is 0 Å². The molecule has 0 amide bonds. The Kier molecular flexibility index (Phi) is 2.87. The largest absolute Gasteiger partial charge is 0.387 e. The molecule has 1 aromatic carbocycles. The van der Waals surface area contributed by atoms with Crippen LogP contribution in [0.3, 0.4) is 0 Å². The Morgan fingerprint density at radius 2 is 2.14 bits per heavy atom. The maximum Gasteiger partial charge on any atom is 0.0985 e. The van der Waals surface area contributed by atoms with Gasteiger partial charge in [-0.05, 0) is 24.5 Å². The zero-order valence-electron chi connectivity index (χ0n) is 7.91. The second kappa shape index (κ2) is 4.13. The highest BCUT2D eigenvalue weighted by Gasteiger charge is 2.20. The molecule has 0 aromatic heterocycles. The van der Waals surface area contributed by atoms with Crippen molar-refractivity contribution in [2.24, 2.45) is 10.7 Å². The molecule has 3 heteroatoms. The van der Waals surface area contributed by atoms with Gasteiger partial charge in [0.05, 0.1) is 11.9 Å². The van der Waals surface area contributed by atoms with Crippen molar-refractivity contribution >= 4 is 21.8 Å². The summed E-state index contributed by atoms with van der Waals surface area (Å²) in [5, 5.41) is 0. The minimum Gasteiger partial charge on any atom is -0.387 e. The fraction of sp³-hybridized carbons (Fsp3) is 0.364. The first-order valence-corrected chi connectivity index (χ1v) is 5.60. The van der Waals surface area contributed by atoms with Crippen LogP contribution in [0.1, 0.15) is 18.4 Å². The van der Waals surface area contributed by atoms with Gasteiger partial charge in [-0.25, -0.2) is 0 Å². The average Bonchev–Trinajstić information content (AvgIpc) is 2.93. The van der Waals surface area contributed by atoms with Gasteiger partial charge in [0.1, 0.15) is 0 Å². The van der Waals surface area contributed by atoms with Crippen LogP contribution in [0.2, 0.25) is 0 Å². The van der Waals surface area contributed by atoms with E-state index in [2.05, 4.69) is 27.0 Å². The highest BCUT2D eigenvalue weighted by molar-refractivity contribution is 9.10. The number of nitrogens with two attached hydrogens (primary N) is 1. The van der Waals surface area contributed by atoms with E-state index >= 15 is 0 Å². The van der Waals surface area contributed by atoms with E-state index in [-0.39, 0.29) is 0 Å². The first kappa shape index (κ1) is 9.71. The van der Waals surface area contributed by atoms with Crippen molar-refractivity contribution < 1.29 is 0 Å². The minimum atomic E-state index is 0.512. The van der Waals surface area contributed by atoms with E-state index in [1.807, 2.05) is 18.2 Å². The number of halogens is 1. The number of aliphatic imine (C=N–C) groups is 1. The van der Waals surface area contributed by atoms with Crippen LogP contribution < -0.4 is 5.73 Å². The molecule has 0 aliphatic heterocycles. The third-order valence-electron chi connectivity index (χ3n) is 2.22. The SMILES string of the molecule is NC(Cc1ccccc1Br)=NC1CC1. The summed E-state index contributed by atoms with van der Waals surface area (Å²) < 4.78 is 1.11. The first-order chi connectivity index (χ1) is 6.75. The van der Waals surface area contributed by atoms with Gasteiger partial charge in [-0.15, -0.1) is 0 Å². The van der Waals surface area contributed by atoms with Gasteiger partial charge < -0.3 is 5.73 Å². The van der Waals surface area contributed by atoms with Gasteiger partial charge >= 0.3 is 0 Å². The lowest BCUT2D eigenvalue weighted by molar-refractivity contribution is 1.04. The number of hydrogen-bond acceptors (Lipinski definition) is 1. The van der Waals surface area contributed by atoms with Gasteiger partial charge in [-0.1, -0.05) is 34.1 Å². The molecular weight excluding hydrogens is 240 g/mol. The molecule has 14 heavy (non-hydrogen) atoms. The molecule has 1 aromatic rings. The number of amidine groups is 1. The highest BCUT2D eigenvalue weighted by atomic mass is 79.9. The average molecular weight is 253 g/mol. The third-order valence-corrected chi connectivity index (χ3v) is 3.00. The Morgan fingerprint density at radius 1 is 1.43 bits per heavy atom. The van der Waals surface area contributed by atoms with Crippen LogP contribution in [0, 0.1) is 0 Å². The summed E-state index contributed by atoms with van der Waals surface area (Å²) >= 11 is 3.50. The standard InChI is InChI=1S/C11H13BrN2/c12-10-4-2-1-3-8(10)7-11(13)14-9-5-6-9/h1-4,9H,5-7H2,(H2,13,14). The Bertz CT molecular complexity index is 356. The van der Waals surface area contributed by atoms with Crippen LogP contribution in [0.15, 0.2) is 33.7 Å². The second-order valence-electron chi connectivity index (χ2n) is 3.62. The molecule has 0 bridgehead atoms. The first-order valence-electron chi connectivity index (χ1n) is 4.81. The number of hydrogen-bond donors (Lipinski definition) is 1. The molecule has 1 aliphatic carbocycles. The summed E-state index contributed by atoms with van der Waals surface area (Å²) in [5.74, 6) is 0.749. The van der Waals surface area contributed by atoms with Crippen molar-refractivity contribution in [1.82, 2.24) is 0 Å². The van der Waals surface area contributed by atoms with Crippen molar-refractivity contribution in [3.8, 4) is 0 Å². The lowest BCUT2D eigenvalue weighted by Gasteiger charge is -2.03. The fourth-order valence-corrected chi connectivity index (χ4v) is 1.75. The summed E-state index contributed by atoms with van der Waals surface area (Å²) in [5.41, 5.74) is 7.05. The van der Waals surface area contributed by atoms with Crippen molar-refractivity contribution in [1.29, 1.82) is 0 Å². The summed E-state index contributed by atoms with van der Waals surface area (Å²) in [6, 6.07) is 8.63.